The summed E-state index contributed by atoms with van der Waals surface area (Å²) in [5, 5.41) is 4.21. The van der Waals surface area contributed by atoms with E-state index in [-0.39, 0.29) is 0 Å². The average Bonchev–Trinajstić information content (AvgIpc) is 3.23. The Bertz CT molecular complexity index is 1020. The number of aromatic nitrogens is 4. The van der Waals surface area contributed by atoms with E-state index >= 15 is 0 Å². The van der Waals surface area contributed by atoms with Crippen LogP contribution in [0.2, 0.25) is 0 Å². The number of nitrogens with zero attached hydrogens (tertiary/aromatic N) is 5. The van der Waals surface area contributed by atoms with Crippen LogP contribution in [0.3, 0.4) is 0 Å². The number of pyridine rings is 1. The molecule has 4 rings (SSSR count). The van der Waals surface area contributed by atoms with Gasteiger partial charge in [-0.3, -0.25) is 0 Å². The zero-order chi connectivity index (χ0) is 17.6. The number of piperidine rings is 1. The Kier molecular flexibility index (Phi) is 4.09. The van der Waals surface area contributed by atoms with Crippen molar-refractivity contribution in [1.82, 2.24) is 23.3 Å². The predicted molar refractivity (Wildman–Crippen MR) is 95.3 cm³/mol. The molecule has 1 aliphatic heterocycles. The van der Waals surface area contributed by atoms with Crippen molar-refractivity contribution in [2.45, 2.75) is 36.8 Å². The first-order valence-corrected chi connectivity index (χ1v) is 10.4. The molecule has 25 heavy (non-hydrogen) atoms. The van der Waals surface area contributed by atoms with Crippen LogP contribution in [0.5, 0.6) is 0 Å². The van der Waals surface area contributed by atoms with Crippen LogP contribution < -0.4 is 0 Å². The zero-order valence-electron chi connectivity index (χ0n) is 14.1. The van der Waals surface area contributed by atoms with Crippen molar-refractivity contribution in [3.8, 4) is 0 Å². The van der Waals surface area contributed by atoms with Crippen molar-refractivity contribution < 1.29 is 8.42 Å². The lowest BCUT2D eigenvalue weighted by Gasteiger charge is -2.31. The lowest BCUT2D eigenvalue weighted by molar-refractivity contribution is 0.319. The summed E-state index contributed by atoms with van der Waals surface area (Å²) < 4.78 is 33.2. The number of sulfonamides is 1. The maximum absolute atomic E-state index is 12.7. The Hall–Kier alpha value is -1.84. The molecule has 0 radical (unpaired) electrons. The molecule has 7 nitrogen and oxygen atoms in total. The quantitative estimate of drug-likeness (QED) is 0.700. The van der Waals surface area contributed by atoms with Gasteiger partial charge in [0.25, 0.3) is 10.0 Å². The third-order valence-electron chi connectivity index (χ3n) is 4.76. The summed E-state index contributed by atoms with van der Waals surface area (Å²) in [5.74, 6) is 0.336. The Morgan fingerprint density at radius 3 is 2.64 bits per heavy atom. The molecule has 1 saturated heterocycles. The molecule has 4 heterocycles. The zero-order valence-corrected chi connectivity index (χ0v) is 15.7. The van der Waals surface area contributed by atoms with E-state index < -0.39 is 10.0 Å². The molecule has 0 unspecified atom stereocenters. The molecule has 0 amide bonds. The number of hydrogen-bond donors (Lipinski definition) is 0. The van der Waals surface area contributed by atoms with Gasteiger partial charge >= 0.3 is 0 Å². The second-order valence-corrected chi connectivity index (χ2v) is 9.41. The van der Waals surface area contributed by atoms with Gasteiger partial charge in [-0.25, -0.2) is 17.9 Å². The Morgan fingerprint density at radius 1 is 1.20 bits per heavy atom. The maximum Gasteiger partial charge on any atom is 0.254 e. The van der Waals surface area contributed by atoms with Gasteiger partial charge in [-0.05, 0) is 67.4 Å². The van der Waals surface area contributed by atoms with Crippen LogP contribution in [0.1, 0.15) is 35.6 Å². The van der Waals surface area contributed by atoms with Gasteiger partial charge in [0.2, 0.25) is 0 Å². The summed E-state index contributed by atoms with van der Waals surface area (Å²) in [7, 11) is -3.42. The molecule has 0 atom stereocenters. The van der Waals surface area contributed by atoms with Crippen molar-refractivity contribution in [2.24, 2.45) is 0 Å². The van der Waals surface area contributed by atoms with Gasteiger partial charge in [0, 0.05) is 19.3 Å². The molecule has 3 aromatic heterocycles. The molecule has 0 aliphatic carbocycles. The van der Waals surface area contributed by atoms with Crippen LogP contribution in [-0.2, 0) is 10.0 Å². The third-order valence-corrected chi connectivity index (χ3v) is 7.96. The molecule has 132 valence electrons. The number of rotatable bonds is 3. The lowest BCUT2D eigenvalue weighted by atomic mass is 9.89. The summed E-state index contributed by atoms with van der Waals surface area (Å²) in [4.78, 5) is 4.21. The number of aryl methyl sites for hydroxylation is 2. The molecule has 1 fully saturated rings. The molecule has 9 heteroatoms. The minimum atomic E-state index is -3.42. The molecular formula is C16H19N5O2S2. The predicted octanol–water partition coefficient (Wildman–Crippen LogP) is 2.37. The largest absolute Gasteiger partial charge is 0.254 e. The monoisotopic (exact) mass is 377 g/mol. The third kappa shape index (κ3) is 2.96. The average molecular weight is 377 g/mol. The van der Waals surface area contributed by atoms with Gasteiger partial charge in [-0.2, -0.15) is 13.8 Å². The summed E-state index contributed by atoms with van der Waals surface area (Å²) >= 11 is 1.05. The van der Waals surface area contributed by atoms with Gasteiger partial charge < -0.3 is 0 Å². The first-order chi connectivity index (χ1) is 11.9. The minimum Gasteiger partial charge on any atom is -0.221 e. The summed E-state index contributed by atoms with van der Waals surface area (Å²) in [6, 6.07) is 3.68. The standard InChI is InChI=1S/C16H19N5O2S2/c1-11-7-15-17-10-18-21(15)9-14(11)13-3-5-20(6-4-13)25(22,23)16-8-12(2)19-24-16/h7-10,13H,3-6H2,1-2H3. The topological polar surface area (TPSA) is 80.5 Å². The van der Waals surface area contributed by atoms with Crippen LogP contribution in [-0.4, -0.2) is 44.8 Å². The van der Waals surface area contributed by atoms with E-state index in [0.29, 0.717) is 23.2 Å². The SMILES string of the molecule is Cc1cc(S(=O)(=O)N2CCC(c3cn4ncnc4cc3C)CC2)sn1. The fraction of sp³-hybridized carbons (Fsp3) is 0.438. The summed E-state index contributed by atoms with van der Waals surface area (Å²) in [6.45, 7) is 4.94. The second kappa shape index (κ2) is 6.15. The number of hydrogen-bond acceptors (Lipinski definition) is 6. The van der Waals surface area contributed by atoms with Crippen LogP contribution in [0.15, 0.2) is 28.9 Å². The maximum atomic E-state index is 12.7. The minimum absolute atomic E-state index is 0.336. The van der Waals surface area contributed by atoms with E-state index in [1.54, 1.807) is 21.2 Å². The fourth-order valence-corrected chi connectivity index (χ4v) is 5.98. The molecule has 3 aromatic rings. The van der Waals surface area contributed by atoms with Crippen LogP contribution >= 0.6 is 11.5 Å². The van der Waals surface area contributed by atoms with E-state index in [1.165, 1.54) is 11.1 Å². The van der Waals surface area contributed by atoms with Crippen molar-refractivity contribution in [3.63, 3.8) is 0 Å². The summed E-state index contributed by atoms with van der Waals surface area (Å²) in [5.41, 5.74) is 3.99. The highest BCUT2D eigenvalue weighted by Gasteiger charge is 2.31. The highest BCUT2D eigenvalue weighted by atomic mass is 32.2. The van der Waals surface area contributed by atoms with Crippen molar-refractivity contribution in [3.05, 3.63) is 41.5 Å². The van der Waals surface area contributed by atoms with Crippen LogP contribution in [0.4, 0.5) is 0 Å². The van der Waals surface area contributed by atoms with E-state index in [4.69, 9.17) is 0 Å². The molecule has 0 aromatic carbocycles. The highest BCUT2D eigenvalue weighted by molar-refractivity contribution is 7.91. The lowest BCUT2D eigenvalue weighted by Crippen LogP contribution is -2.37. The van der Waals surface area contributed by atoms with Gasteiger partial charge in [0.05, 0.1) is 5.69 Å². The van der Waals surface area contributed by atoms with E-state index in [1.807, 2.05) is 19.2 Å². The smallest absolute Gasteiger partial charge is 0.221 e. The molecule has 0 saturated carbocycles. The normalized spacial score (nSPS) is 17.4. The first-order valence-electron chi connectivity index (χ1n) is 8.18. The van der Waals surface area contributed by atoms with Crippen molar-refractivity contribution in [1.29, 1.82) is 0 Å². The Labute approximate surface area is 150 Å². The highest BCUT2D eigenvalue weighted by Crippen LogP contribution is 2.33. The van der Waals surface area contributed by atoms with Gasteiger partial charge in [-0.15, -0.1) is 0 Å². The van der Waals surface area contributed by atoms with Crippen LogP contribution in [0.25, 0.3) is 5.65 Å². The van der Waals surface area contributed by atoms with Gasteiger partial charge in [0.1, 0.15) is 6.33 Å². The van der Waals surface area contributed by atoms with Gasteiger partial charge in [0.15, 0.2) is 9.86 Å². The van der Waals surface area contributed by atoms with Crippen molar-refractivity contribution in [2.75, 3.05) is 13.1 Å². The second-order valence-electron chi connectivity index (χ2n) is 6.44. The van der Waals surface area contributed by atoms with Crippen molar-refractivity contribution >= 4 is 27.2 Å². The van der Waals surface area contributed by atoms with Gasteiger partial charge in [-0.1, -0.05) is 0 Å². The number of fused-ring (bicyclic) bond motifs is 1. The van der Waals surface area contributed by atoms with E-state index in [9.17, 15) is 8.42 Å². The molecule has 0 bridgehead atoms. The fourth-order valence-electron chi connectivity index (χ4n) is 3.40. The molecule has 1 aliphatic rings. The molecule has 0 spiro atoms. The molecular weight excluding hydrogens is 358 g/mol. The summed E-state index contributed by atoms with van der Waals surface area (Å²) in [6.07, 6.45) is 5.18. The van der Waals surface area contributed by atoms with E-state index in [2.05, 4.69) is 21.4 Å². The Balaban J connectivity index is 1.53. The molecule has 0 N–H and O–H groups in total. The Morgan fingerprint density at radius 2 is 1.96 bits per heavy atom. The van der Waals surface area contributed by atoms with E-state index in [0.717, 1.165) is 35.7 Å². The first kappa shape index (κ1) is 16.6. The van der Waals surface area contributed by atoms with Crippen LogP contribution in [0, 0.1) is 13.8 Å².